The van der Waals surface area contributed by atoms with E-state index in [-0.39, 0.29) is 29.2 Å². The standard InChI is InChI=1S/C24H33N2O5PS/c1-4-31-32(2,28)17-21-16-25-20(15-26-21)14-24(27)23(13-18-7-5-6-8-18)19-9-11-22(12-10-19)33(3,29)30/h9-12,15-16,18,23H,4-8,13-14,17H2,1-3H3/t23-,32?/m1/s1. The summed E-state index contributed by atoms with van der Waals surface area (Å²) in [5, 5.41) is 0. The van der Waals surface area contributed by atoms with Crippen LogP contribution in [0.1, 0.15) is 61.9 Å². The number of carbonyl (C=O) groups excluding carboxylic acids is 1. The topological polar surface area (TPSA) is 103 Å². The molecule has 1 heterocycles. The maximum Gasteiger partial charge on any atom is 0.206 e. The Morgan fingerprint density at radius 1 is 1.12 bits per heavy atom. The van der Waals surface area contributed by atoms with Crippen molar-refractivity contribution >= 4 is 23.0 Å². The predicted octanol–water partition coefficient (Wildman–Crippen LogP) is 4.80. The fraction of sp³-hybridized carbons (Fsp3) is 0.542. The van der Waals surface area contributed by atoms with Crippen LogP contribution in [-0.2, 0) is 36.3 Å². The third-order valence-electron chi connectivity index (χ3n) is 6.11. The third-order valence-corrected chi connectivity index (χ3v) is 8.94. The molecule has 1 unspecified atom stereocenters. The second-order valence-corrected chi connectivity index (χ2v) is 13.6. The molecular formula is C24H33N2O5PS. The highest BCUT2D eigenvalue weighted by atomic mass is 32.2. The first-order chi connectivity index (χ1) is 15.6. The minimum absolute atomic E-state index is 0.0477. The monoisotopic (exact) mass is 492 g/mol. The molecule has 1 fully saturated rings. The van der Waals surface area contributed by atoms with Crippen molar-refractivity contribution in [2.24, 2.45) is 5.92 Å². The van der Waals surface area contributed by atoms with Gasteiger partial charge < -0.3 is 4.52 Å². The van der Waals surface area contributed by atoms with Crippen molar-refractivity contribution in [2.45, 2.75) is 62.4 Å². The summed E-state index contributed by atoms with van der Waals surface area (Å²) in [5.41, 5.74) is 1.98. The molecule has 1 aromatic heterocycles. The van der Waals surface area contributed by atoms with E-state index in [1.807, 2.05) is 0 Å². The molecule has 2 atom stereocenters. The molecule has 0 N–H and O–H groups in total. The van der Waals surface area contributed by atoms with Gasteiger partial charge in [0.15, 0.2) is 9.84 Å². The van der Waals surface area contributed by atoms with E-state index in [1.54, 1.807) is 50.2 Å². The van der Waals surface area contributed by atoms with Crippen LogP contribution in [0.4, 0.5) is 0 Å². The van der Waals surface area contributed by atoms with E-state index >= 15 is 0 Å². The lowest BCUT2D eigenvalue weighted by molar-refractivity contribution is -0.120. The minimum atomic E-state index is -3.29. The van der Waals surface area contributed by atoms with Crippen molar-refractivity contribution < 1.29 is 22.3 Å². The first kappa shape index (κ1) is 25.7. The summed E-state index contributed by atoms with van der Waals surface area (Å²) >= 11 is 0. The zero-order chi connectivity index (χ0) is 24.1. The molecule has 0 radical (unpaired) electrons. The van der Waals surface area contributed by atoms with Crippen molar-refractivity contribution in [3.05, 3.63) is 53.6 Å². The Morgan fingerprint density at radius 3 is 2.27 bits per heavy atom. The summed E-state index contributed by atoms with van der Waals surface area (Å²) in [5.74, 6) is 0.239. The largest absolute Gasteiger partial charge is 0.329 e. The van der Waals surface area contributed by atoms with Crippen LogP contribution >= 0.6 is 7.37 Å². The molecule has 0 spiro atoms. The molecule has 180 valence electrons. The molecule has 2 aromatic rings. The second-order valence-electron chi connectivity index (χ2n) is 9.01. The van der Waals surface area contributed by atoms with Crippen LogP contribution in [-0.4, -0.2) is 43.7 Å². The highest BCUT2D eigenvalue weighted by Crippen LogP contribution is 2.45. The van der Waals surface area contributed by atoms with Gasteiger partial charge in [0.05, 0.1) is 35.5 Å². The van der Waals surface area contributed by atoms with Crippen molar-refractivity contribution in [2.75, 3.05) is 19.5 Å². The zero-order valence-corrected chi connectivity index (χ0v) is 21.3. The van der Waals surface area contributed by atoms with Gasteiger partial charge in [0.2, 0.25) is 7.37 Å². The van der Waals surface area contributed by atoms with Gasteiger partial charge in [-0.25, -0.2) is 8.42 Å². The molecule has 33 heavy (non-hydrogen) atoms. The van der Waals surface area contributed by atoms with E-state index < -0.39 is 17.2 Å². The van der Waals surface area contributed by atoms with Gasteiger partial charge in [-0.05, 0) is 37.0 Å². The summed E-state index contributed by atoms with van der Waals surface area (Å²) in [6.45, 7) is 3.76. The Morgan fingerprint density at radius 2 is 1.73 bits per heavy atom. The highest BCUT2D eigenvalue weighted by Gasteiger charge is 2.27. The van der Waals surface area contributed by atoms with Crippen molar-refractivity contribution in [1.29, 1.82) is 0 Å². The van der Waals surface area contributed by atoms with Gasteiger partial charge in [0.25, 0.3) is 0 Å². The van der Waals surface area contributed by atoms with Gasteiger partial charge in [0.1, 0.15) is 5.78 Å². The van der Waals surface area contributed by atoms with E-state index in [1.165, 1.54) is 19.1 Å². The molecule has 0 aliphatic heterocycles. The number of hydrogen-bond acceptors (Lipinski definition) is 7. The quantitative estimate of drug-likeness (QED) is 0.415. The summed E-state index contributed by atoms with van der Waals surface area (Å²) < 4.78 is 41.3. The van der Waals surface area contributed by atoms with Gasteiger partial charge >= 0.3 is 0 Å². The van der Waals surface area contributed by atoms with E-state index in [4.69, 9.17) is 4.52 Å². The number of ketones is 1. The highest BCUT2D eigenvalue weighted by molar-refractivity contribution is 7.90. The molecule has 0 saturated heterocycles. The lowest BCUT2D eigenvalue weighted by Gasteiger charge is -2.20. The lowest BCUT2D eigenvalue weighted by atomic mass is 9.83. The van der Waals surface area contributed by atoms with Gasteiger partial charge in [-0.15, -0.1) is 0 Å². The molecule has 1 aromatic carbocycles. The minimum Gasteiger partial charge on any atom is -0.329 e. The van der Waals surface area contributed by atoms with Crippen LogP contribution in [0.2, 0.25) is 0 Å². The summed E-state index contributed by atoms with van der Waals surface area (Å²) in [4.78, 5) is 22.3. The molecule has 7 nitrogen and oxygen atoms in total. The maximum atomic E-state index is 13.3. The number of Topliss-reactive ketones (excluding diaryl/α,β-unsaturated/α-hetero) is 1. The van der Waals surface area contributed by atoms with Gasteiger partial charge in [0, 0.05) is 31.2 Å². The van der Waals surface area contributed by atoms with Crippen LogP contribution in [0.25, 0.3) is 0 Å². The number of carbonyl (C=O) groups is 1. The second kappa shape index (κ2) is 11.0. The van der Waals surface area contributed by atoms with Crippen molar-refractivity contribution in [3.8, 4) is 0 Å². The van der Waals surface area contributed by atoms with Gasteiger partial charge in [-0.1, -0.05) is 37.8 Å². The maximum absolute atomic E-state index is 13.3. The number of aromatic nitrogens is 2. The number of nitrogens with zero attached hydrogens (tertiary/aromatic N) is 2. The smallest absolute Gasteiger partial charge is 0.206 e. The van der Waals surface area contributed by atoms with E-state index in [0.717, 1.165) is 24.8 Å². The van der Waals surface area contributed by atoms with Crippen LogP contribution in [0.15, 0.2) is 41.6 Å². The first-order valence-electron chi connectivity index (χ1n) is 11.4. The van der Waals surface area contributed by atoms with Crippen molar-refractivity contribution in [3.63, 3.8) is 0 Å². The SMILES string of the molecule is CCOP(C)(=O)Cc1cnc(CC(=O)[C@H](CC2CCCC2)c2ccc(S(C)(=O)=O)cc2)cn1. The first-order valence-corrected chi connectivity index (χ1v) is 15.6. The fourth-order valence-corrected chi connectivity index (χ4v) is 6.47. The molecule has 0 amide bonds. The predicted molar refractivity (Wildman–Crippen MR) is 128 cm³/mol. The van der Waals surface area contributed by atoms with Gasteiger partial charge in [-0.2, -0.15) is 0 Å². The van der Waals surface area contributed by atoms with Gasteiger partial charge in [-0.3, -0.25) is 19.3 Å². The zero-order valence-electron chi connectivity index (χ0n) is 19.6. The van der Waals surface area contributed by atoms with E-state index in [0.29, 0.717) is 23.9 Å². The summed E-state index contributed by atoms with van der Waals surface area (Å²) in [6.07, 6.45) is 10.0. The summed E-state index contributed by atoms with van der Waals surface area (Å²) in [7, 11) is -6.05. The molecule has 1 saturated carbocycles. The third kappa shape index (κ3) is 7.56. The van der Waals surface area contributed by atoms with E-state index in [9.17, 15) is 17.8 Å². The summed E-state index contributed by atoms with van der Waals surface area (Å²) in [6, 6.07) is 6.68. The molecule has 3 rings (SSSR count). The Labute approximate surface area is 196 Å². The Balaban J connectivity index is 1.75. The average Bonchev–Trinajstić information content (AvgIpc) is 3.26. The van der Waals surface area contributed by atoms with Crippen LogP contribution in [0.3, 0.4) is 0 Å². The lowest BCUT2D eigenvalue weighted by Crippen LogP contribution is -2.19. The van der Waals surface area contributed by atoms with Crippen LogP contribution < -0.4 is 0 Å². The van der Waals surface area contributed by atoms with Crippen LogP contribution in [0, 0.1) is 5.92 Å². The molecule has 1 aliphatic rings. The molecule has 0 bridgehead atoms. The Bertz CT molecular complexity index is 1090. The average molecular weight is 493 g/mol. The molecule has 9 heteroatoms. The Kier molecular flexibility index (Phi) is 8.59. The van der Waals surface area contributed by atoms with E-state index in [2.05, 4.69) is 9.97 Å². The normalized spacial score (nSPS) is 17.5. The molecule has 1 aliphatic carbocycles. The number of hydrogen-bond donors (Lipinski definition) is 0. The fourth-order valence-electron chi connectivity index (χ4n) is 4.45. The number of sulfone groups is 1. The van der Waals surface area contributed by atoms with Crippen molar-refractivity contribution in [1.82, 2.24) is 9.97 Å². The number of rotatable bonds is 11. The molecular weight excluding hydrogens is 459 g/mol. The van der Waals surface area contributed by atoms with Crippen LogP contribution in [0.5, 0.6) is 0 Å². The Hall–Kier alpha value is -1.89. The number of benzene rings is 1.